The highest BCUT2D eigenvalue weighted by Gasteiger charge is 2.27. The highest BCUT2D eigenvalue weighted by molar-refractivity contribution is 5.92. The molecule has 1 aliphatic heterocycles. The molecule has 0 spiro atoms. The third-order valence-corrected chi connectivity index (χ3v) is 5.45. The molecule has 3 aromatic rings. The van der Waals surface area contributed by atoms with Gasteiger partial charge in [0.2, 0.25) is 5.69 Å². The molecule has 166 valence electrons. The topological polar surface area (TPSA) is 95.7 Å². The molecule has 1 amide bonds. The summed E-state index contributed by atoms with van der Waals surface area (Å²) in [5, 5.41) is 4.20. The SMILES string of the molecule is COc1ccc(-n2nc(C(=O)N3CCCC3)c(=O)n(Cc3ccccc3)c2=O)cc1OC. The predicted octanol–water partition coefficient (Wildman–Crippen LogP) is 1.70. The fourth-order valence-electron chi connectivity index (χ4n) is 3.75. The largest absolute Gasteiger partial charge is 0.493 e. The van der Waals surface area contributed by atoms with E-state index in [9.17, 15) is 14.4 Å². The molecule has 0 radical (unpaired) electrons. The van der Waals surface area contributed by atoms with Crippen molar-refractivity contribution in [2.75, 3.05) is 27.3 Å². The van der Waals surface area contributed by atoms with Crippen LogP contribution in [0.4, 0.5) is 0 Å². The molecule has 1 saturated heterocycles. The summed E-state index contributed by atoms with van der Waals surface area (Å²) in [5.74, 6) is 0.408. The molecule has 1 aromatic heterocycles. The molecule has 2 heterocycles. The molecule has 0 atom stereocenters. The molecule has 4 rings (SSSR count). The van der Waals surface area contributed by atoms with Crippen LogP contribution in [0.1, 0.15) is 28.9 Å². The van der Waals surface area contributed by atoms with E-state index in [0.29, 0.717) is 30.3 Å². The average Bonchev–Trinajstić information content (AvgIpc) is 3.37. The third-order valence-electron chi connectivity index (χ3n) is 5.45. The van der Waals surface area contributed by atoms with Crippen molar-refractivity contribution < 1.29 is 14.3 Å². The van der Waals surface area contributed by atoms with E-state index in [1.54, 1.807) is 23.1 Å². The Balaban J connectivity index is 1.90. The van der Waals surface area contributed by atoms with E-state index in [0.717, 1.165) is 27.7 Å². The van der Waals surface area contributed by atoms with E-state index in [-0.39, 0.29) is 12.2 Å². The first-order valence-corrected chi connectivity index (χ1v) is 10.3. The van der Waals surface area contributed by atoms with E-state index >= 15 is 0 Å². The molecule has 0 unspecified atom stereocenters. The van der Waals surface area contributed by atoms with Crippen LogP contribution in [0.5, 0.6) is 11.5 Å². The van der Waals surface area contributed by atoms with Gasteiger partial charge in [0.15, 0.2) is 11.5 Å². The maximum absolute atomic E-state index is 13.3. The van der Waals surface area contributed by atoms with Crippen LogP contribution in [-0.4, -0.2) is 52.5 Å². The van der Waals surface area contributed by atoms with Crippen LogP contribution < -0.4 is 20.7 Å². The van der Waals surface area contributed by atoms with E-state index < -0.39 is 17.2 Å². The van der Waals surface area contributed by atoms with Gasteiger partial charge in [0.25, 0.3) is 11.5 Å². The van der Waals surface area contributed by atoms with Gasteiger partial charge in [-0.05, 0) is 30.5 Å². The first-order valence-electron chi connectivity index (χ1n) is 10.3. The van der Waals surface area contributed by atoms with Gasteiger partial charge in [0.1, 0.15) is 0 Å². The number of benzene rings is 2. The first kappa shape index (κ1) is 21.4. The zero-order chi connectivity index (χ0) is 22.7. The summed E-state index contributed by atoms with van der Waals surface area (Å²) in [4.78, 5) is 41.2. The van der Waals surface area contributed by atoms with Gasteiger partial charge in [-0.1, -0.05) is 30.3 Å². The first-order chi connectivity index (χ1) is 15.5. The summed E-state index contributed by atoms with van der Waals surface area (Å²) >= 11 is 0. The summed E-state index contributed by atoms with van der Waals surface area (Å²) in [7, 11) is 2.99. The Morgan fingerprint density at radius 3 is 2.31 bits per heavy atom. The number of ether oxygens (including phenoxy) is 2. The number of carbonyl (C=O) groups is 1. The Bertz CT molecular complexity index is 1240. The summed E-state index contributed by atoms with van der Waals surface area (Å²) in [5.41, 5.74) is -0.519. The second-order valence-electron chi connectivity index (χ2n) is 7.46. The molecule has 1 aliphatic rings. The highest BCUT2D eigenvalue weighted by atomic mass is 16.5. The summed E-state index contributed by atoms with van der Waals surface area (Å²) in [6.45, 7) is 1.15. The standard InChI is InChI=1S/C23H24N4O5/c1-31-18-11-10-17(14-19(18)32-2)27-23(30)26(15-16-8-4-3-5-9-16)22(29)20(24-27)21(28)25-12-6-7-13-25/h3-5,8-11,14H,6-7,12-13,15H2,1-2H3. The fraction of sp³-hybridized carbons (Fsp3) is 0.304. The molecular formula is C23H24N4O5. The maximum atomic E-state index is 13.3. The Kier molecular flexibility index (Phi) is 6.07. The van der Waals surface area contributed by atoms with Crippen molar-refractivity contribution in [3.8, 4) is 17.2 Å². The van der Waals surface area contributed by atoms with Crippen molar-refractivity contribution in [3.05, 3.63) is 80.6 Å². The maximum Gasteiger partial charge on any atom is 0.352 e. The Morgan fingerprint density at radius 1 is 0.969 bits per heavy atom. The highest BCUT2D eigenvalue weighted by Crippen LogP contribution is 2.28. The lowest BCUT2D eigenvalue weighted by Crippen LogP contribution is -2.46. The summed E-state index contributed by atoms with van der Waals surface area (Å²) in [6.07, 6.45) is 1.75. The lowest BCUT2D eigenvalue weighted by atomic mass is 10.2. The molecular weight excluding hydrogens is 412 g/mol. The van der Waals surface area contributed by atoms with Crippen molar-refractivity contribution in [1.82, 2.24) is 19.2 Å². The quantitative estimate of drug-likeness (QED) is 0.584. The molecule has 1 fully saturated rings. The smallest absolute Gasteiger partial charge is 0.352 e. The normalized spacial score (nSPS) is 13.2. The fourth-order valence-corrected chi connectivity index (χ4v) is 3.75. The zero-order valence-corrected chi connectivity index (χ0v) is 18.0. The molecule has 0 N–H and O–H groups in total. The Hall–Kier alpha value is -3.88. The van der Waals surface area contributed by atoms with Gasteiger partial charge in [-0.3, -0.25) is 14.2 Å². The number of methoxy groups -OCH3 is 2. The van der Waals surface area contributed by atoms with Crippen molar-refractivity contribution in [1.29, 1.82) is 0 Å². The molecule has 0 aliphatic carbocycles. The van der Waals surface area contributed by atoms with Crippen molar-refractivity contribution >= 4 is 5.91 Å². The number of likely N-dealkylation sites (tertiary alicyclic amines) is 1. The minimum absolute atomic E-state index is 0.0224. The lowest BCUT2D eigenvalue weighted by Gasteiger charge is -2.17. The van der Waals surface area contributed by atoms with E-state index in [2.05, 4.69) is 5.10 Å². The minimum atomic E-state index is -0.701. The second-order valence-corrected chi connectivity index (χ2v) is 7.46. The van der Waals surface area contributed by atoms with Gasteiger partial charge in [-0.15, -0.1) is 0 Å². The van der Waals surface area contributed by atoms with Gasteiger partial charge in [0.05, 0.1) is 26.5 Å². The second kappa shape index (κ2) is 9.09. The van der Waals surface area contributed by atoms with Crippen LogP contribution in [0.15, 0.2) is 58.1 Å². The lowest BCUT2D eigenvalue weighted by molar-refractivity contribution is 0.0781. The summed E-state index contributed by atoms with van der Waals surface area (Å²) in [6, 6.07) is 14.0. The monoisotopic (exact) mass is 436 g/mol. The number of hydrogen-bond donors (Lipinski definition) is 0. The Labute approximate surface area is 184 Å². The zero-order valence-electron chi connectivity index (χ0n) is 18.0. The van der Waals surface area contributed by atoms with Crippen molar-refractivity contribution in [2.45, 2.75) is 19.4 Å². The predicted molar refractivity (Wildman–Crippen MR) is 118 cm³/mol. The number of rotatable bonds is 6. The van der Waals surface area contributed by atoms with E-state index in [1.165, 1.54) is 14.2 Å². The van der Waals surface area contributed by atoms with Gasteiger partial charge in [0, 0.05) is 19.2 Å². The number of nitrogens with zero attached hydrogens (tertiary/aromatic N) is 4. The van der Waals surface area contributed by atoms with Crippen molar-refractivity contribution in [2.24, 2.45) is 0 Å². The molecule has 0 bridgehead atoms. The minimum Gasteiger partial charge on any atom is -0.493 e. The molecule has 9 heteroatoms. The van der Waals surface area contributed by atoms with Gasteiger partial charge in [-0.2, -0.15) is 9.78 Å². The van der Waals surface area contributed by atoms with Crippen molar-refractivity contribution in [3.63, 3.8) is 0 Å². The number of amides is 1. The van der Waals surface area contributed by atoms with Gasteiger partial charge < -0.3 is 14.4 Å². The Morgan fingerprint density at radius 2 is 1.66 bits per heavy atom. The van der Waals surface area contributed by atoms with Crippen LogP contribution in [0, 0.1) is 0 Å². The number of aromatic nitrogens is 3. The molecule has 0 saturated carbocycles. The number of hydrogen-bond acceptors (Lipinski definition) is 6. The summed E-state index contributed by atoms with van der Waals surface area (Å²) < 4.78 is 12.7. The van der Waals surface area contributed by atoms with Crippen LogP contribution in [0.2, 0.25) is 0 Å². The number of carbonyl (C=O) groups excluding carboxylic acids is 1. The van der Waals surface area contributed by atoms with E-state index in [1.807, 2.05) is 30.3 Å². The third kappa shape index (κ3) is 4.01. The van der Waals surface area contributed by atoms with Gasteiger partial charge >= 0.3 is 5.69 Å². The molecule has 32 heavy (non-hydrogen) atoms. The molecule has 9 nitrogen and oxygen atoms in total. The van der Waals surface area contributed by atoms with Crippen LogP contribution in [0.25, 0.3) is 5.69 Å². The van der Waals surface area contributed by atoms with Crippen LogP contribution in [0.3, 0.4) is 0 Å². The van der Waals surface area contributed by atoms with Crippen LogP contribution in [-0.2, 0) is 6.54 Å². The van der Waals surface area contributed by atoms with E-state index in [4.69, 9.17) is 9.47 Å². The average molecular weight is 436 g/mol. The van der Waals surface area contributed by atoms with Crippen LogP contribution >= 0.6 is 0 Å². The van der Waals surface area contributed by atoms with Gasteiger partial charge in [-0.25, -0.2) is 4.79 Å². The molecule has 2 aromatic carbocycles.